The lowest BCUT2D eigenvalue weighted by Crippen LogP contribution is -2.53. The van der Waals surface area contributed by atoms with E-state index in [1.807, 2.05) is 48.5 Å². The van der Waals surface area contributed by atoms with E-state index in [9.17, 15) is 43.2 Å². The predicted octanol–water partition coefficient (Wildman–Crippen LogP) is 7.32. The van der Waals surface area contributed by atoms with Gasteiger partial charge in [0, 0.05) is 73.9 Å². The number of amides is 8. The molecule has 1 fully saturated rings. The molecule has 23 nitrogen and oxygen atoms in total. The van der Waals surface area contributed by atoms with Crippen molar-refractivity contribution < 1.29 is 71.7 Å². The van der Waals surface area contributed by atoms with E-state index in [-0.39, 0.29) is 111 Å². The summed E-state index contributed by atoms with van der Waals surface area (Å²) in [6.07, 6.45) is 2.94. The second kappa shape index (κ2) is 26.0. The molecular weight excluding hydrogens is 1110 g/mol. The summed E-state index contributed by atoms with van der Waals surface area (Å²) >= 11 is 0. The lowest BCUT2D eigenvalue weighted by Gasteiger charge is -2.26. The highest BCUT2D eigenvalue weighted by atomic mass is 16.7. The van der Waals surface area contributed by atoms with Gasteiger partial charge in [0.2, 0.25) is 17.7 Å². The van der Waals surface area contributed by atoms with Crippen LogP contribution in [0.5, 0.6) is 23.0 Å². The van der Waals surface area contributed by atoms with Crippen molar-refractivity contribution in [3.8, 4) is 23.0 Å². The minimum atomic E-state index is -1.02. The van der Waals surface area contributed by atoms with Crippen LogP contribution in [0.15, 0.2) is 102 Å². The number of aliphatic imine (C=N–C) groups is 1. The van der Waals surface area contributed by atoms with Crippen molar-refractivity contribution in [3.05, 3.63) is 125 Å². The van der Waals surface area contributed by atoms with Crippen molar-refractivity contribution in [3.63, 3.8) is 0 Å². The Morgan fingerprint density at radius 1 is 0.651 bits per heavy atom. The molecule has 5 aliphatic rings. The molecule has 5 aromatic carbocycles. The Kier molecular flexibility index (Phi) is 17.9. The van der Waals surface area contributed by atoms with E-state index in [0.717, 1.165) is 22.5 Å². The van der Waals surface area contributed by atoms with Crippen LogP contribution in [-0.4, -0.2) is 123 Å². The molecule has 4 atom stereocenters. The van der Waals surface area contributed by atoms with Gasteiger partial charge >= 0.3 is 12.1 Å². The van der Waals surface area contributed by atoms with Gasteiger partial charge in [0.25, 0.3) is 23.6 Å². The number of ether oxygens (including phenoxy) is 5. The van der Waals surface area contributed by atoms with E-state index >= 15 is 0 Å². The van der Waals surface area contributed by atoms with Gasteiger partial charge in [-0.15, -0.1) is 5.06 Å². The van der Waals surface area contributed by atoms with Crippen LogP contribution in [0.4, 0.5) is 33.2 Å². The molecule has 0 saturated carbocycles. The molecule has 5 heterocycles. The molecule has 3 N–H and O–H groups in total. The maximum atomic E-state index is 14.6. The fourth-order valence-corrected chi connectivity index (χ4v) is 11.0. The molecule has 23 heteroatoms. The summed E-state index contributed by atoms with van der Waals surface area (Å²) in [6, 6.07) is 25.9. The summed E-state index contributed by atoms with van der Waals surface area (Å²) in [6.45, 7) is 5.24. The zero-order valence-corrected chi connectivity index (χ0v) is 48.3. The number of benzene rings is 5. The first kappa shape index (κ1) is 59.4. The average molecular weight is 1180 g/mol. The number of carbonyl (C=O) groups is 9. The number of nitrogens with one attached hydrogen (secondary N) is 3. The fraction of sp³-hybridized carbons (Fsp3) is 0.365. The summed E-state index contributed by atoms with van der Waals surface area (Å²) in [5, 5.41) is 8.60. The molecular formula is C63H66N8O15. The van der Waals surface area contributed by atoms with Crippen LogP contribution in [-0.2, 0) is 57.8 Å². The molecule has 1 saturated heterocycles. The molecule has 0 bridgehead atoms. The summed E-state index contributed by atoms with van der Waals surface area (Å²) in [5.74, 6) is -3.03. The Labute approximate surface area is 495 Å². The second-order valence-corrected chi connectivity index (χ2v) is 21.7. The maximum absolute atomic E-state index is 14.6. The van der Waals surface area contributed by atoms with Gasteiger partial charge in [-0.25, -0.2) is 9.59 Å². The van der Waals surface area contributed by atoms with Gasteiger partial charge < -0.3 is 49.4 Å². The van der Waals surface area contributed by atoms with E-state index in [4.69, 9.17) is 33.5 Å². The number of hydrogen-bond donors (Lipinski definition) is 3. The number of hydrogen-bond acceptors (Lipinski definition) is 16. The quantitative estimate of drug-likeness (QED) is 0.0453. The number of hydroxylamine groups is 2. The molecule has 5 aromatic rings. The molecule has 0 aromatic heterocycles. The third-order valence-corrected chi connectivity index (χ3v) is 15.5. The zero-order chi connectivity index (χ0) is 60.8. The summed E-state index contributed by atoms with van der Waals surface area (Å²) < 4.78 is 29.9. The molecule has 0 aliphatic carbocycles. The van der Waals surface area contributed by atoms with E-state index in [2.05, 4.69) is 16.0 Å². The molecule has 5 aliphatic heterocycles. The van der Waals surface area contributed by atoms with Crippen LogP contribution in [0, 0.1) is 5.92 Å². The highest BCUT2D eigenvalue weighted by Gasteiger charge is 2.43. The van der Waals surface area contributed by atoms with Gasteiger partial charge in [0.05, 0.1) is 68.6 Å². The number of imide groups is 1. The Balaban J connectivity index is 0.739. The Bertz CT molecular complexity index is 3520. The summed E-state index contributed by atoms with van der Waals surface area (Å²) in [5.41, 5.74) is 5.96. The van der Waals surface area contributed by atoms with Gasteiger partial charge in [-0.1, -0.05) is 62.4 Å². The van der Waals surface area contributed by atoms with Crippen molar-refractivity contribution in [2.45, 2.75) is 109 Å². The largest absolute Gasteiger partial charge is 0.493 e. The number of fused-ring (bicyclic) bond motifs is 8. The first-order valence-electron chi connectivity index (χ1n) is 28.6. The smallest absolute Gasteiger partial charge is 0.414 e. The van der Waals surface area contributed by atoms with E-state index in [0.29, 0.717) is 58.3 Å². The predicted molar refractivity (Wildman–Crippen MR) is 314 cm³/mol. The fourth-order valence-electron chi connectivity index (χ4n) is 11.0. The monoisotopic (exact) mass is 1170 g/mol. The topological polar surface area (TPSA) is 270 Å². The van der Waals surface area contributed by atoms with E-state index in [1.54, 1.807) is 78.4 Å². The van der Waals surface area contributed by atoms with Gasteiger partial charge in [-0.2, -0.15) is 0 Å². The third-order valence-electron chi connectivity index (χ3n) is 15.5. The molecule has 8 amide bonds. The van der Waals surface area contributed by atoms with Gasteiger partial charge in [0.15, 0.2) is 23.0 Å². The Morgan fingerprint density at radius 2 is 1.27 bits per heavy atom. The van der Waals surface area contributed by atoms with Crippen LogP contribution in [0.1, 0.15) is 103 Å². The summed E-state index contributed by atoms with van der Waals surface area (Å²) in [4.78, 5) is 132. The molecule has 0 radical (unpaired) electrons. The lowest BCUT2D eigenvalue weighted by molar-refractivity contribution is -0.197. The number of nitrogens with zero attached hydrogens (tertiary/aromatic N) is 5. The van der Waals surface area contributed by atoms with Crippen LogP contribution >= 0.6 is 0 Å². The normalized spacial score (nSPS) is 17.0. The SMILES string of the molecule is COc1cc2c(cc1OCCCOc1cc3c(cc1OC)C(=O)N1c4ccccc4C[C@H]1CN3C(=O)OCc1ccc(NC(=O)[C@@H](C)NC(=O)[C@H](NC(=O)CCCCC(=O)ON3C(=O)CCC3=O)C(C)C)cc1)N=CC1Cc3ccccc3N1C2=O. The number of rotatable bonds is 22. The van der Waals surface area contributed by atoms with Crippen molar-refractivity contribution >= 4 is 88.1 Å². The average Bonchev–Trinajstić information content (AvgIpc) is 1.85. The third kappa shape index (κ3) is 12.8. The van der Waals surface area contributed by atoms with E-state index < -0.39 is 59.7 Å². The summed E-state index contributed by atoms with van der Waals surface area (Å²) in [7, 11) is 2.97. The minimum absolute atomic E-state index is 0.0151. The minimum Gasteiger partial charge on any atom is -0.493 e. The molecule has 0 spiro atoms. The number of unbranched alkanes of at least 4 members (excludes halogenated alkanes) is 1. The molecule has 86 heavy (non-hydrogen) atoms. The lowest BCUT2D eigenvalue weighted by atomic mass is 10.0. The maximum Gasteiger partial charge on any atom is 0.414 e. The number of methoxy groups -OCH3 is 2. The Hall–Kier alpha value is -9.80. The standard InChI is InChI=1S/C63H66N8O15/c1-36(2)58(67-54(72)17-10-11-18-57(75)86-71-55(73)23-24-56(71)74)60(77)65-37(3)59(76)66-41-21-19-38(20-22-41)35-85-63(80)68-34-43-28-40-14-7-9-16-48(40)70(43)62(79)45-30-51(82-5)53(32-49(45)68)84-26-12-25-83-52-31-46-44(29-50(52)81-4)61(78)69-42(33-64-46)27-39-13-6-8-15-47(39)69/h6-9,13-16,19-22,29-33,36-37,42-43,58H,10-12,17-18,23-28,34-35H2,1-5H3,(H,65,77)(H,66,76)(H,67,72)/t37-,42?,43+,58-/m1/s1. The first-order valence-corrected chi connectivity index (χ1v) is 28.6. The highest BCUT2D eigenvalue weighted by Crippen LogP contribution is 2.44. The van der Waals surface area contributed by atoms with Crippen LogP contribution < -0.4 is 49.6 Å². The molecule has 1 unspecified atom stereocenters. The highest BCUT2D eigenvalue weighted by molar-refractivity contribution is 6.16. The van der Waals surface area contributed by atoms with Gasteiger partial charge in [0.1, 0.15) is 18.7 Å². The van der Waals surface area contributed by atoms with Crippen LogP contribution in [0.3, 0.4) is 0 Å². The zero-order valence-electron chi connectivity index (χ0n) is 48.3. The van der Waals surface area contributed by atoms with Crippen molar-refractivity contribution in [1.82, 2.24) is 15.7 Å². The Morgan fingerprint density at radius 3 is 1.94 bits per heavy atom. The van der Waals surface area contributed by atoms with Crippen molar-refractivity contribution in [2.75, 3.05) is 54.0 Å². The molecule has 10 rings (SSSR count). The van der Waals surface area contributed by atoms with Crippen molar-refractivity contribution in [2.24, 2.45) is 10.9 Å². The van der Waals surface area contributed by atoms with Crippen LogP contribution in [0.2, 0.25) is 0 Å². The second-order valence-electron chi connectivity index (χ2n) is 21.7. The molecule has 448 valence electrons. The van der Waals surface area contributed by atoms with Crippen LogP contribution in [0.25, 0.3) is 0 Å². The van der Waals surface area contributed by atoms with Gasteiger partial charge in [-0.3, -0.25) is 48.4 Å². The van der Waals surface area contributed by atoms with Crippen molar-refractivity contribution in [1.29, 1.82) is 0 Å². The van der Waals surface area contributed by atoms with Gasteiger partial charge in [-0.05, 0) is 85.2 Å². The first-order chi connectivity index (χ1) is 41.5. The number of para-hydroxylation sites is 2. The number of anilines is 4. The number of carbonyl (C=O) groups excluding carboxylic acids is 9. The van der Waals surface area contributed by atoms with E-state index in [1.165, 1.54) is 26.0 Å².